The second-order valence-electron chi connectivity index (χ2n) is 4.33. The number of carbonyl (C=O) groups is 2. The van der Waals surface area contributed by atoms with Gasteiger partial charge in [-0.25, -0.2) is 4.79 Å². The van der Waals surface area contributed by atoms with Gasteiger partial charge in [0.05, 0.1) is 5.54 Å². The molecule has 0 aliphatic heterocycles. The molecule has 1 saturated carbocycles. The van der Waals surface area contributed by atoms with Crippen molar-refractivity contribution in [3.05, 3.63) is 0 Å². The number of nitrogens with two attached hydrogens (primary N) is 1. The van der Waals surface area contributed by atoms with Crippen LogP contribution in [-0.4, -0.2) is 28.6 Å². The SMILES string of the molecule is CC[C@@H](NC(=O)C(C)(N)C1CC1)C(=O)O. The Hall–Kier alpha value is -1.10. The maximum absolute atomic E-state index is 11.7. The van der Waals surface area contributed by atoms with Crippen LogP contribution in [0.25, 0.3) is 0 Å². The van der Waals surface area contributed by atoms with Crippen molar-refractivity contribution in [1.29, 1.82) is 0 Å². The van der Waals surface area contributed by atoms with Gasteiger partial charge in [0.15, 0.2) is 0 Å². The van der Waals surface area contributed by atoms with E-state index in [4.69, 9.17) is 10.8 Å². The van der Waals surface area contributed by atoms with Crippen molar-refractivity contribution in [2.24, 2.45) is 11.7 Å². The molecule has 5 nitrogen and oxygen atoms in total. The van der Waals surface area contributed by atoms with Gasteiger partial charge in [-0.1, -0.05) is 6.92 Å². The molecule has 0 aromatic rings. The van der Waals surface area contributed by atoms with Gasteiger partial charge in [0.2, 0.25) is 5.91 Å². The lowest BCUT2D eigenvalue weighted by atomic mass is 9.95. The third kappa shape index (κ3) is 2.68. The fourth-order valence-electron chi connectivity index (χ4n) is 1.52. The minimum atomic E-state index is -1.02. The molecule has 0 bridgehead atoms. The Kier molecular flexibility index (Phi) is 3.34. The third-order valence-electron chi connectivity index (χ3n) is 2.93. The second-order valence-corrected chi connectivity index (χ2v) is 4.33. The highest BCUT2D eigenvalue weighted by atomic mass is 16.4. The van der Waals surface area contributed by atoms with Crippen molar-refractivity contribution in [2.75, 3.05) is 0 Å². The van der Waals surface area contributed by atoms with E-state index in [1.807, 2.05) is 0 Å². The van der Waals surface area contributed by atoms with Gasteiger partial charge in [0.1, 0.15) is 6.04 Å². The molecule has 1 rings (SSSR count). The Morgan fingerprint density at radius 3 is 2.47 bits per heavy atom. The van der Waals surface area contributed by atoms with Crippen molar-refractivity contribution in [3.8, 4) is 0 Å². The Labute approximate surface area is 89.0 Å². The summed E-state index contributed by atoms with van der Waals surface area (Å²) in [4.78, 5) is 22.4. The first-order chi connectivity index (χ1) is 6.89. The first-order valence-corrected chi connectivity index (χ1v) is 5.22. The largest absolute Gasteiger partial charge is 0.480 e. The number of nitrogens with one attached hydrogen (secondary N) is 1. The maximum atomic E-state index is 11.7. The quantitative estimate of drug-likeness (QED) is 0.605. The fraction of sp³-hybridized carbons (Fsp3) is 0.800. The summed E-state index contributed by atoms with van der Waals surface area (Å²) in [5.74, 6) is -1.18. The molecule has 86 valence electrons. The average Bonchev–Trinajstić information content (AvgIpc) is 2.95. The van der Waals surface area contributed by atoms with Crippen LogP contribution >= 0.6 is 0 Å². The molecule has 1 aliphatic carbocycles. The van der Waals surface area contributed by atoms with Gasteiger partial charge in [-0.3, -0.25) is 4.79 Å². The van der Waals surface area contributed by atoms with Gasteiger partial charge in [-0.05, 0) is 32.1 Å². The van der Waals surface area contributed by atoms with Crippen LogP contribution < -0.4 is 11.1 Å². The molecule has 2 atom stereocenters. The van der Waals surface area contributed by atoms with E-state index >= 15 is 0 Å². The highest BCUT2D eigenvalue weighted by molar-refractivity contribution is 5.90. The van der Waals surface area contributed by atoms with Gasteiger partial charge in [0, 0.05) is 0 Å². The fourth-order valence-corrected chi connectivity index (χ4v) is 1.52. The minimum Gasteiger partial charge on any atom is -0.480 e. The summed E-state index contributed by atoms with van der Waals surface area (Å²) in [7, 11) is 0. The number of carboxylic acids is 1. The van der Waals surface area contributed by atoms with Crippen LogP contribution in [-0.2, 0) is 9.59 Å². The summed E-state index contributed by atoms with van der Waals surface area (Å²) in [6.07, 6.45) is 2.26. The molecule has 1 aliphatic rings. The van der Waals surface area contributed by atoms with Gasteiger partial charge in [0.25, 0.3) is 0 Å². The molecule has 1 fully saturated rings. The lowest BCUT2D eigenvalue weighted by Gasteiger charge is -2.25. The van der Waals surface area contributed by atoms with E-state index in [1.165, 1.54) is 0 Å². The molecule has 5 heteroatoms. The van der Waals surface area contributed by atoms with Crippen LogP contribution in [0.3, 0.4) is 0 Å². The molecule has 0 aromatic heterocycles. The molecule has 0 spiro atoms. The van der Waals surface area contributed by atoms with Crippen molar-refractivity contribution in [1.82, 2.24) is 5.32 Å². The summed E-state index contributed by atoms with van der Waals surface area (Å²) in [5, 5.41) is 11.3. The normalized spacial score (nSPS) is 21.5. The van der Waals surface area contributed by atoms with Crippen LogP contribution in [0.15, 0.2) is 0 Å². The van der Waals surface area contributed by atoms with Gasteiger partial charge < -0.3 is 16.2 Å². The van der Waals surface area contributed by atoms with E-state index < -0.39 is 17.6 Å². The zero-order valence-electron chi connectivity index (χ0n) is 9.12. The molecule has 0 aromatic carbocycles. The van der Waals surface area contributed by atoms with Gasteiger partial charge in [-0.2, -0.15) is 0 Å². The molecule has 4 N–H and O–H groups in total. The van der Waals surface area contributed by atoms with Crippen molar-refractivity contribution < 1.29 is 14.7 Å². The predicted molar refractivity (Wildman–Crippen MR) is 55.2 cm³/mol. The van der Waals surface area contributed by atoms with E-state index in [2.05, 4.69) is 5.32 Å². The number of hydrogen-bond acceptors (Lipinski definition) is 3. The molecular weight excluding hydrogens is 196 g/mol. The molecular formula is C10H18N2O3. The van der Waals surface area contributed by atoms with Crippen LogP contribution in [0, 0.1) is 5.92 Å². The van der Waals surface area contributed by atoms with Gasteiger partial charge >= 0.3 is 5.97 Å². The third-order valence-corrected chi connectivity index (χ3v) is 2.93. The number of carbonyl (C=O) groups excluding carboxylic acids is 1. The summed E-state index contributed by atoms with van der Waals surface area (Å²) in [5.41, 5.74) is 4.94. The van der Waals surface area contributed by atoms with Crippen LogP contribution in [0.1, 0.15) is 33.1 Å². The molecule has 15 heavy (non-hydrogen) atoms. The van der Waals surface area contributed by atoms with Crippen molar-refractivity contribution >= 4 is 11.9 Å². The number of amides is 1. The standard InChI is InChI=1S/C10H18N2O3/c1-3-7(8(13)14)12-9(15)10(2,11)6-4-5-6/h6-7H,3-5,11H2,1-2H3,(H,12,15)(H,13,14)/t7-,10?/m1/s1. The summed E-state index contributed by atoms with van der Waals surface area (Å²) < 4.78 is 0. The molecule has 1 unspecified atom stereocenters. The number of rotatable bonds is 5. The first kappa shape index (κ1) is 12.0. The molecule has 1 amide bonds. The summed E-state index contributed by atoms with van der Waals surface area (Å²) >= 11 is 0. The second kappa shape index (κ2) is 4.18. The van der Waals surface area contributed by atoms with E-state index in [9.17, 15) is 9.59 Å². The Morgan fingerprint density at radius 1 is 1.60 bits per heavy atom. The topological polar surface area (TPSA) is 92.4 Å². The number of hydrogen-bond donors (Lipinski definition) is 3. The zero-order chi connectivity index (χ0) is 11.6. The average molecular weight is 214 g/mol. The Bertz CT molecular complexity index is 272. The lowest BCUT2D eigenvalue weighted by molar-refractivity contribution is -0.142. The molecule has 0 radical (unpaired) electrons. The van der Waals surface area contributed by atoms with Crippen molar-refractivity contribution in [2.45, 2.75) is 44.7 Å². The minimum absolute atomic E-state index is 0.198. The van der Waals surface area contributed by atoms with E-state index in [0.29, 0.717) is 6.42 Å². The predicted octanol–water partition coefficient (Wildman–Crippen LogP) is 0.0932. The highest BCUT2D eigenvalue weighted by Crippen LogP contribution is 2.38. The van der Waals surface area contributed by atoms with E-state index in [1.54, 1.807) is 13.8 Å². The molecule has 0 heterocycles. The van der Waals surface area contributed by atoms with E-state index in [0.717, 1.165) is 12.8 Å². The van der Waals surface area contributed by atoms with Crippen molar-refractivity contribution in [3.63, 3.8) is 0 Å². The Morgan fingerprint density at radius 2 is 2.13 bits per heavy atom. The monoisotopic (exact) mass is 214 g/mol. The van der Waals surface area contributed by atoms with E-state index in [-0.39, 0.29) is 11.8 Å². The summed E-state index contributed by atoms with van der Waals surface area (Å²) in [6, 6.07) is -0.834. The maximum Gasteiger partial charge on any atom is 0.326 e. The Balaban J connectivity index is 2.57. The first-order valence-electron chi connectivity index (χ1n) is 5.22. The number of aliphatic carboxylic acids is 1. The van der Waals surface area contributed by atoms with Crippen LogP contribution in [0.4, 0.5) is 0 Å². The smallest absolute Gasteiger partial charge is 0.326 e. The highest BCUT2D eigenvalue weighted by Gasteiger charge is 2.44. The number of carboxylic acid groups (broad SMARTS) is 1. The van der Waals surface area contributed by atoms with Crippen LogP contribution in [0.5, 0.6) is 0 Å². The summed E-state index contributed by atoms with van der Waals surface area (Å²) in [6.45, 7) is 3.37. The zero-order valence-corrected chi connectivity index (χ0v) is 9.12. The lowest BCUT2D eigenvalue weighted by Crippen LogP contribution is -2.56. The molecule has 0 saturated heterocycles. The van der Waals surface area contributed by atoms with Crippen LogP contribution in [0.2, 0.25) is 0 Å². The van der Waals surface area contributed by atoms with Gasteiger partial charge in [-0.15, -0.1) is 0 Å².